The van der Waals surface area contributed by atoms with Gasteiger partial charge in [-0.05, 0) is 24.6 Å². The van der Waals surface area contributed by atoms with Crippen LogP contribution in [0.5, 0.6) is 5.75 Å². The van der Waals surface area contributed by atoms with Crippen molar-refractivity contribution in [1.82, 2.24) is 10.2 Å². The molecule has 1 aliphatic rings. The lowest BCUT2D eigenvalue weighted by atomic mass is 10.0. The van der Waals surface area contributed by atoms with Crippen LogP contribution in [-0.4, -0.2) is 43.7 Å². The minimum atomic E-state index is -0.659. The topological polar surface area (TPSA) is 67.9 Å². The fraction of sp³-hybridized carbons (Fsp3) is 0.429. The van der Waals surface area contributed by atoms with Gasteiger partial charge in [-0.15, -0.1) is 0 Å². The number of nitrogens with one attached hydrogen (secondary N) is 1. The molecule has 1 heterocycles. The van der Waals surface area contributed by atoms with Crippen LogP contribution in [0.25, 0.3) is 0 Å². The highest BCUT2D eigenvalue weighted by atomic mass is 16.6. The van der Waals surface area contributed by atoms with Crippen LogP contribution in [-0.2, 0) is 9.53 Å². The number of carbonyl (C=O) groups excluding carboxylic acids is 2. The van der Waals surface area contributed by atoms with Crippen LogP contribution in [0.3, 0.4) is 0 Å². The first-order valence-electron chi connectivity index (χ1n) is 6.52. The second kappa shape index (κ2) is 6.27. The summed E-state index contributed by atoms with van der Waals surface area (Å²) < 4.78 is 10.1. The molecule has 2 rings (SSSR count). The Morgan fingerprint density at radius 1 is 1.40 bits per heavy atom. The van der Waals surface area contributed by atoms with E-state index in [2.05, 4.69) is 5.32 Å². The van der Waals surface area contributed by atoms with Gasteiger partial charge < -0.3 is 14.8 Å². The van der Waals surface area contributed by atoms with E-state index in [1.807, 2.05) is 0 Å². The summed E-state index contributed by atoms with van der Waals surface area (Å²) in [5.74, 6) is 0.502. The maximum Gasteiger partial charge on any atom is 0.410 e. The second-order valence-corrected chi connectivity index (χ2v) is 4.36. The van der Waals surface area contributed by atoms with Crippen molar-refractivity contribution in [3.8, 4) is 5.75 Å². The number of methoxy groups -OCH3 is 1. The Kier molecular flexibility index (Phi) is 4.45. The van der Waals surface area contributed by atoms with Gasteiger partial charge in [0.1, 0.15) is 11.8 Å². The summed E-state index contributed by atoms with van der Waals surface area (Å²) >= 11 is 0. The molecule has 6 nitrogen and oxygen atoms in total. The standard InChI is InChI=1S/C14H18N2O4/c1-3-20-14(18)16-9-8-15-13(17)12(16)10-4-6-11(19-2)7-5-10/h4-7,12H,3,8-9H2,1-2H3,(H,15,17). The van der Waals surface area contributed by atoms with Crippen molar-refractivity contribution >= 4 is 12.0 Å². The van der Waals surface area contributed by atoms with Crippen molar-refractivity contribution in [3.63, 3.8) is 0 Å². The lowest BCUT2D eigenvalue weighted by Crippen LogP contribution is -2.52. The summed E-state index contributed by atoms with van der Waals surface area (Å²) in [6.07, 6.45) is -0.469. The van der Waals surface area contributed by atoms with Crippen molar-refractivity contribution in [1.29, 1.82) is 0 Å². The fourth-order valence-electron chi connectivity index (χ4n) is 2.19. The van der Waals surface area contributed by atoms with Gasteiger partial charge in [0.05, 0.1) is 13.7 Å². The van der Waals surface area contributed by atoms with Gasteiger partial charge in [-0.3, -0.25) is 9.69 Å². The van der Waals surface area contributed by atoms with E-state index in [0.717, 1.165) is 5.56 Å². The molecular weight excluding hydrogens is 260 g/mol. The molecule has 1 unspecified atom stereocenters. The molecule has 6 heteroatoms. The first kappa shape index (κ1) is 14.2. The highest BCUT2D eigenvalue weighted by Crippen LogP contribution is 2.25. The monoisotopic (exact) mass is 278 g/mol. The van der Waals surface area contributed by atoms with Gasteiger partial charge in [-0.1, -0.05) is 12.1 Å². The molecule has 1 aromatic rings. The van der Waals surface area contributed by atoms with Crippen LogP contribution < -0.4 is 10.1 Å². The molecule has 1 N–H and O–H groups in total. The number of nitrogens with zero attached hydrogens (tertiary/aromatic N) is 1. The maximum absolute atomic E-state index is 12.1. The first-order chi connectivity index (χ1) is 9.67. The third kappa shape index (κ3) is 2.84. The minimum Gasteiger partial charge on any atom is -0.497 e. The minimum absolute atomic E-state index is 0.200. The number of hydrogen-bond donors (Lipinski definition) is 1. The number of piperazine rings is 1. The predicted molar refractivity (Wildman–Crippen MR) is 72.5 cm³/mol. The third-order valence-corrected chi connectivity index (χ3v) is 3.15. The summed E-state index contributed by atoms with van der Waals surface area (Å²) in [6.45, 7) is 2.89. The molecule has 0 saturated carbocycles. The summed E-state index contributed by atoms with van der Waals surface area (Å²) in [4.78, 5) is 25.5. The molecule has 20 heavy (non-hydrogen) atoms. The van der Waals surface area contributed by atoms with Crippen LogP contribution in [0, 0.1) is 0 Å². The third-order valence-electron chi connectivity index (χ3n) is 3.15. The zero-order valence-electron chi connectivity index (χ0n) is 11.6. The molecule has 1 aliphatic heterocycles. The summed E-state index contributed by atoms with van der Waals surface area (Å²) in [5, 5.41) is 2.77. The zero-order valence-corrected chi connectivity index (χ0v) is 11.6. The number of benzene rings is 1. The maximum atomic E-state index is 12.1. The molecule has 1 atom stereocenters. The molecule has 0 radical (unpaired) electrons. The second-order valence-electron chi connectivity index (χ2n) is 4.36. The van der Waals surface area contributed by atoms with Crippen molar-refractivity contribution < 1.29 is 19.1 Å². The molecule has 108 valence electrons. The quantitative estimate of drug-likeness (QED) is 0.905. The lowest BCUT2D eigenvalue weighted by Gasteiger charge is -2.34. The van der Waals surface area contributed by atoms with E-state index in [0.29, 0.717) is 18.8 Å². The van der Waals surface area contributed by atoms with Crippen molar-refractivity contribution in [2.24, 2.45) is 0 Å². The Hall–Kier alpha value is -2.24. The fourth-order valence-corrected chi connectivity index (χ4v) is 2.19. The summed E-state index contributed by atoms with van der Waals surface area (Å²) in [5.41, 5.74) is 0.732. The highest BCUT2D eigenvalue weighted by Gasteiger charge is 2.35. The normalized spacial score (nSPS) is 18.4. The molecule has 0 aromatic heterocycles. The SMILES string of the molecule is CCOC(=O)N1CCNC(=O)C1c1ccc(OC)cc1. The van der Waals surface area contributed by atoms with E-state index >= 15 is 0 Å². The number of ether oxygens (including phenoxy) is 2. The van der Waals surface area contributed by atoms with Crippen LogP contribution in [0.2, 0.25) is 0 Å². The molecular formula is C14H18N2O4. The molecule has 1 fully saturated rings. The van der Waals surface area contributed by atoms with Gasteiger partial charge in [-0.25, -0.2) is 4.79 Å². The van der Waals surface area contributed by atoms with Gasteiger partial charge in [0.15, 0.2) is 0 Å². The van der Waals surface area contributed by atoms with Gasteiger partial charge in [-0.2, -0.15) is 0 Å². The van der Waals surface area contributed by atoms with E-state index in [1.54, 1.807) is 38.3 Å². The van der Waals surface area contributed by atoms with Crippen molar-refractivity contribution in [2.45, 2.75) is 13.0 Å². The van der Waals surface area contributed by atoms with E-state index < -0.39 is 12.1 Å². The van der Waals surface area contributed by atoms with Crippen LogP contribution >= 0.6 is 0 Å². The predicted octanol–water partition coefficient (Wildman–Crippen LogP) is 1.32. The molecule has 1 aromatic carbocycles. The first-order valence-corrected chi connectivity index (χ1v) is 6.52. The van der Waals surface area contributed by atoms with E-state index in [-0.39, 0.29) is 12.5 Å². The van der Waals surface area contributed by atoms with Crippen LogP contribution in [0.4, 0.5) is 4.79 Å². The number of rotatable bonds is 3. The zero-order chi connectivity index (χ0) is 14.5. The molecule has 0 aliphatic carbocycles. The molecule has 2 amide bonds. The Morgan fingerprint density at radius 2 is 2.10 bits per heavy atom. The van der Waals surface area contributed by atoms with Crippen LogP contribution in [0.1, 0.15) is 18.5 Å². The number of hydrogen-bond acceptors (Lipinski definition) is 4. The van der Waals surface area contributed by atoms with Gasteiger partial charge in [0.2, 0.25) is 5.91 Å². The average Bonchev–Trinajstić information content (AvgIpc) is 2.47. The van der Waals surface area contributed by atoms with E-state index in [4.69, 9.17) is 9.47 Å². The Balaban J connectivity index is 2.26. The smallest absolute Gasteiger partial charge is 0.410 e. The average molecular weight is 278 g/mol. The molecule has 0 spiro atoms. The molecule has 1 saturated heterocycles. The number of carbonyl (C=O) groups is 2. The Morgan fingerprint density at radius 3 is 2.70 bits per heavy atom. The Bertz CT molecular complexity index is 486. The summed E-state index contributed by atoms with van der Waals surface area (Å²) in [7, 11) is 1.58. The van der Waals surface area contributed by atoms with Gasteiger partial charge >= 0.3 is 6.09 Å². The van der Waals surface area contributed by atoms with Gasteiger partial charge in [0.25, 0.3) is 0 Å². The van der Waals surface area contributed by atoms with E-state index in [1.165, 1.54) is 4.90 Å². The largest absolute Gasteiger partial charge is 0.497 e. The lowest BCUT2D eigenvalue weighted by molar-refractivity contribution is -0.128. The van der Waals surface area contributed by atoms with Crippen molar-refractivity contribution in [3.05, 3.63) is 29.8 Å². The van der Waals surface area contributed by atoms with Gasteiger partial charge in [0, 0.05) is 13.1 Å². The molecule has 0 bridgehead atoms. The van der Waals surface area contributed by atoms with E-state index in [9.17, 15) is 9.59 Å². The van der Waals surface area contributed by atoms with Crippen molar-refractivity contribution in [2.75, 3.05) is 26.8 Å². The Labute approximate surface area is 117 Å². The highest BCUT2D eigenvalue weighted by molar-refractivity contribution is 5.88. The number of amides is 2. The van der Waals surface area contributed by atoms with Crippen LogP contribution in [0.15, 0.2) is 24.3 Å². The summed E-state index contributed by atoms with van der Waals surface area (Å²) in [6, 6.07) is 6.43.